The van der Waals surface area contributed by atoms with Crippen molar-refractivity contribution in [2.24, 2.45) is 4.99 Å². The molecule has 0 N–H and O–H groups in total. The Labute approximate surface area is 284 Å². The minimum Gasteiger partial charge on any atom is -0.490 e. The van der Waals surface area contributed by atoms with Crippen molar-refractivity contribution in [1.82, 2.24) is 4.57 Å². The van der Waals surface area contributed by atoms with Crippen molar-refractivity contribution < 1.29 is 38.2 Å². The smallest absolute Gasteiger partial charge is 0.343 e. The Morgan fingerprint density at radius 2 is 1.71 bits per heavy atom. The maximum Gasteiger partial charge on any atom is 0.343 e. The molecule has 0 unspecified atom stereocenters. The number of nitro benzene ring substituents is 1. The van der Waals surface area contributed by atoms with Gasteiger partial charge in [0.25, 0.3) is 11.2 Å². The summed E-state index contributed by atoms with van der Waals surface area (Å²) < 4.78 is 29.2. The highest BCUT2D eigenvalue weighted by Crippen LogP contribution is 2.36. The van der Waals surface area contributed by atoms with Crippen LogP contribution in [0.4, 0.5) is 5.69 Å². The van der Waals surface area contributed by atoms with Crippen LogP contribution >= 0.6 is 11.3 Å². The Bertz CT molecular complexity index is 2080. The number of thiazole rings is 1. The first kappa shape index (κ1) is 34.6. The van der Waals surface area contributed by atoms with Crippen molar-refractivity contribution >= 4 is 35.0 Å². The van der Waals surface area contributed by atoms with Crippen LogP contribution in [0.1, 0.15) is 43.5 Å². The van der Waals surface area contributed by atoms with Gasteiger partial charge in [0.1, 0.15) is 12.4 Å². The van der Waals surface area contributed by atoms with Gasteiger partial charge in [0.2, 0.25) is 0 Å². The van der Waals surface area contributed by atoms with Gasteiger partial charge in [0, 0.05) is 12.1 Å². The molecule has 3 aromatic carbocycles. The summed E-state index contributed by atoms with van der Waals surface area (Å²) in [6, 6.07) is 17.4. The van der Waals surface area contributed by atoms with E-state index in [0.717, 1.165) is 11.1 Å². The molecule has 0 fully saturated rings. The number of benzene rings is 3. The molecule has 5 rings (SSSR count). The van der Waals surface area contributed by atoms with E-state index >= 15 is 0 Å². The summed E-state index contributed by atoms with van der Waals surface area (Å²) in [6.07, 6.45) is 1.74. The lowest BCUT2D eigenvalue weighted by Crippen LogP contribution is -2.40. The van der Waals surface area contributed by atoms with E-state index < -0.39 is 22.9 Å². The number of allylic oxidation sites excluding steroid dienone is 1. The summed E-state index contributed by atoms with van der Waals surface area (Å²) in [6.45, 7) is 5.51. The number of methoxy groups -OCH3 is 1. The van der Waals surface area contributed by atoms with Crippen molar-refractivity contribution in [3.05, 3.63) is 124 Å². The lowest BCUT2D eigenvalue weighted by molar-refractivity contribution is -0.384. The summed E-state index contributed by atoms with van der Waals surface area (Å²) in [5.74, 6) is 0.0279. The van der Waals surface area contributed by atoms with E-state index in [1.54, 1.807) is 81.4 Å². The van der Waals surface area contributed by atoms with Crippen LogP contribution in [0.3, 0.4) is 0 Å². The lowest BCUT2D eigenvalue weighted by Gasteiger charge is -2.25. The fourth-order valence-electron chi connectivity index (χ4n) is 5.08. The minimum absolute atomic E-state index is 0.00667. The molecule has 0 saturated heterocycles. The van der Waals surface area contributed by atoms with Gasteiger partial charge in [-0.3, -0.25) is 19.5 Å². The first-order chi connectivity index (χ1) is 23.6. The number of non-ortho nitro benzene ring substituents is 1. The third kappa shape index (κ3) is 7.87. The molecule has 4 aromatic rings. The fraction of sp³-hybridized carbons (Fsp3) is 0.257. The number of hydrogen-bond donors (Lipinski definition) is 0. The number of hydrogen-bond acceptors (Lipinski definition) is 12. The summed E-state index contributed by atoms with van der Waals surface area (Å²) in [5, 5.41) is 10.9. The van der Waals surface area contributed by atoms with E-state index in [0.29, 0.717) is 44.4 Å². The first-order valence-electron chi connectivity index (χ1n) is 15.3. The number of esters is 2. The van der Waals surface area contributed by atoms with Crippen molar-refractivity contribution in [3.63, 3.8) is 0 Å². The standard InChI is InChI=1S/C35H33N3O10S/c1-5-45-28-18-24(11-16-27(28)48-20-30(39)44-4)32-31(34(41)46-6-2)21(3)36-35-37(32)33(40)29(49-35)17-22-9-14-26(15-10-22)47-19-23-7-12-25(13-8-23)38(42)43/h7-18,32H,5-6,19-20H2,1-4H3/b29-17-/t32-/m0/s1. The number of fused-ring (bicyclic) bond motifs is 1. The van der Waals surface area contributed by atoms with Crippen LogP contribution in [0.2, 0.25) is 0 Å². The molecular weight excluding hydrogens is 654 g/mol. The number of carbonyl (C=O) groups is 2. The number of nitro groups is 1. The van der Waals surface area contributed by atoms with Crippen LogP contribution in [0, 0.1) is 10.1 Å². The lowest BCUT2D eigenvalue weighted by atomic mass is 9.95. The molecule has 0 aliphatic carbocycles. The second kappa shape index (κ2) is 15.4. The van der Waals surface area contributed by atoms with Gasteiger partial charge in [-0.1, -0.05) is 29.5 Å². The zero-order chi connectivity index (χ0) is 35.1. The molecule has 1 aliphatic heterocycles. The van der Waals surface area contributed by atoms with E-state index in [9.17, 15) is 24.5 Å². The zero-order valence-electron chi connectivity index (χ0n) is 27.2. The molecule has 0 radical (unpaired) electrons. The van der Waals surface area contributed by atoms with Crippen molar-refractivity contribution in [1.29, 1.82) is 0 Å². The van der Waals surface area contributed by atoms with Crippen LogP contribution < -0.4 is 29.1 Å². The Hall–Kier alpha value is -5.76. The highest BCUT2D eigenvalue weighted by atomic mass is 32.1. The van der Waals surface area contributed by atoms with E-state index in [4.69, 9.17) is 18.9 Å². The number of aromatic nitrogens is 1. The number of rotatable bonds is 13. The van der Waals surface area contributed by atoms with Crippen LogP contribution in [-0.2, 0) is 25.7 Å². The van der Waals surface area contributed by atoms with E-state index in [1.165, 1.54) is 35.1 Å². The second-order valence-electron chi connectivity index (χ2n) is 10.6. The summed E-state index contributed by atoms with van der Waals surface area (Å²) in [7, 11) is 1.26. The predicted molar refractivity (Wildman–Crippen MR) is 179 cm³/mol. The van der Waals surface area contributed by atoms with E-state index in [-0.39, 0.29) is 36.6 Å². The molecule has 0 spiro atoms. The highest BCUT2D eigenvalue weighted by Gasteiger charge is 2.34. The molecular formula is C35H33N3O10S. The largest absolute Gasteiger partial charge is 0.490 e. The van der Waals surface area contributed by atoms with Gasteiger partial charge in [-0.25, -0.2) is 14.6 Å². The Kier molecular flexibility index (Phi) is 10.9. The molecule has 0 bridgehead atoms. The Morgan fingerprint density at radius 3 is 2.37 bits per heavy atom. The van der Waals surface area contributed by atoms with Crippen LogP contribution in [0.5, 0.6) is 17.2 Å². The quantitative estimate of drug-likeness (QED) is 0.113. The topological polar surface area (TPSA) is 158 Å². The fourth-order valence-corrected chi connectivity index (χ4v) is 6.12. The van der Waals surface area contributed by atoms with Gasteiger partial charge >= 0.3 is 11.9 Å². The van der Waals surface area contributed by atoms with Gasteiger partial charge in [0.05, 0.1) is 47.1 Å². The Balaban J connectivity index is 1.48. The van der Waals surface area contributed by atoms with Crippen molar-refractivity contribution in [2.75, 3.05) is 26.9 Å². The van der Waals surface area contributed by atoms with Crippen LogP contribution in [0.25, 0.3) is 6.08 Å². The van der Waals surface area contributed by atoms with Gasteiger partial charge in [-0.15, -0.1) is 0 Å². The minimum atomic E-state index is -0.887. The molecule has 0 saturated carbocycles. The molecule has 13 nitrogen and oxygen atoms in total. The van der Waals surface area contributed by atoms with Gasteiger partial charge in [-0.2, -0.15) is 0 Å². The average molecular weight is 688 g/mol. The number of nitrogens with zero attached hydrogens (tertiary/aromatic N) is 3. The molecule has 14 heteroatoms. The Morgan fingerprint density at radius 1 is 0.980 bits per heavy atom. The monoisotopic (exact) mass is 687 g/mol. The summed E-state index contributed by atoms with van der Waals surface area (Å²) in [4.78, 5) is 54.5. The van der Waals surface area contributed by atoms with Gasteiger partial charge < -0.3 is 23.7 Å². The van der Waals surface area contributed by atoms with E-state index in [2.05, 4.69) is 9.73 Å². The predicted octanol–water partition coefficient (Wildman–Crippen LogP) is 4.24. The average Bonchev–Trinajstić information content (AvgIpc) is 3.40. The second-order valence-corrected chi connectivity index (χ2v) is 11.6. The van der Waals surface area contributed by atoms with Crippen LogP contribution in [-0.4, -0.2) is 48.4 Å². The highest BCUT2D eigenvalue weighted by molar-refractivity contribution is 7.07. The van der Waals surface area contributed by atoms with Crippen molar-refractivity contribution in [2.45, 2.75) is 33.4 Å². The van der Waals surface area contributed by atoms with E-state index in [1.807, 2.05) is 0 Å². The zero-order valence-corrected chi connectivity index (χ0v) is 28.0. The third-order valence-corrected chi connectivity index (χ3v) is 8.39. The molecule has 49 heavy (non-hydrogen) atoms. The maximum atomic E-state index is 14.0. The van der Waals surface area contributed by atoms with Crippen LogP contribution in [0.15, 0.2) is 87.8 Å². The number of ether oxygens (including phenoxy) is 5. The molecule has 2 heterocycles. The normalized spacial score (nSPS) is 14.0. The third-order valence-electron chi connectivity index (χ3n) is 7.40. The molecule has 0 amide bonds. The van der Waals surface area contributed by atoms with Crippen molar-refractivity contribution in [3.8, 4) is 17.2 Å². The molecule has 1 atom stereocenters. The van der Waals surface area contributed by atoms with Gasteiger partial charge in [0.15, 0.2) is 22.9 Å². The molecule has 1 aromatic heterocycles. The molecule has 1 aliphatic rings. The number of carbonyl (C=O) groups excluding carboxylic acids is 2. The first-order valence-corrected chi connectivity index (χ1v) is 16.1. The maximum absolute atomic E-state index is 14.0. The summed E-state index contributed by atoms with van der Waals surface area (Å²) in [5.41, 5.74) is 2.33. The molecule has 254 valence electrons. The summed E-state index contributed by atoms with van der Waals surface area (Å²) >= 11 is 1.19. The SMILES string of the molecule is CCOC(=O)C1=C(C)N=c2s/c(=C\c3ccc(OCc4ccc([N+](=O)[O-])cc4)cc3)c(=O)n2[C@H]1c1ccc(OCC(=O)OC)c(OCC)c1. The van der Waals surface area contributed by atoms with Gasteiger partial charge in [-0.05, 0) is 79.9 Å².